The fourth-order valence-electron chi connectivity index (χ4n) is 5.67. The molecule has 1 aliphatic carbocycles. The largest absolute Gasteiger partial charge is 0.586 e. The highest BCUT2D eigenvalue weighted by atomic mass is 19.3. The zero-order valence-electron chi connectivity index (χ0n) is 18.1. The maximum Gasteiger partial charge on any atom is 0.586 e. The van der Waals surface area contributed by atoms with Gasteiger partial charge in [-0.2, -0.15) is 0 Å². The summed E-state index contributed by atoms with van der Waals surface area (Å²) >= 11 is 0. The van der Waals surface area contributed by atoms with Crippen molar-refractivity contribution in [2.75, 3.05) is 0 Å². The fourth-order valence-corrected chi connectivity index (χ4v) is 5.67. The number of imidazole rings is 1. The molecule has 178 valence electrons. The van der Waals surface area contributed by atoms with Gasteiger partial charge >= 0.3 is 6.29 Å². The van der Waals surface area contributed by atoms with Crippen molar-refractivity contribution >= 4 is 0 Å². The van der Waals surface area contributed by atoms with E-state index in [1.165, 1.54) is 12.1 Å². The van der Waals surface area contributed by atoms with Crippen molar-refractivity contribution in [2.24, 2.45) is 0 Å². The number of aliphatic hydroxyl groups is 2. The summed E-state index contributed by atoms with van der Waals surface area (Å²) in [5.74, 6) is -0.316. The van der Waals surface area contributed by atoms with Crippen LogP contribution in [0, 0.1) is 5.82 Å². The summed E-state index contributed by atoms with van der Waals surface area (Å²) in [4.78, 5) is 4.17. The molecule has 3 aromatic rings. The molecule has 0 bridgehead atoms. The van der Waals surface area contributed by atoms with Gasteiger partial charge in [-0.3, -0.25) is 0 Å². The summed E-state index contributed by atoms with van der Waals surface area (Å²) in [6.45, 7) is 0. The number of ether oxygens (including phenoxy) is 2. The van der Waals surface area contributed by atoms with Crippen molar-refractivity contribution in [2.45, 2.75) is 62.1 Å². The van der Waals surface area contributed by atoms with Crippen molar-refractivity contribution < 1.29 is 32.9 Å². The molecule has 0 spiro atoms. The predicted octanol–water partition coefficient (Wildman–Crippen LogP) is 4.75. The average molecular weight is 472 g/mol. The number of nitrogens with zero attached hydrogens (tertiary/aromatic N) is 2. The molecule has 2 aromatic carbocycles. The highest BCUT2D eigenvalue weighted by Gasteiger charge is 2.45. The highest BCUT2D eigenvalue weighted by Crippen LogP contribution is 2.48. The molecule has 6 nitrogen and oxygen atoms in total. The molecule has 6 rings (SSSR count). The Labute approximate surface area is 193 Å². The van der Waals surface area contributed by atoms with Gasteiger partial charge in [0.1, 0.15) is 5.82 Å². The molecule has 0 amide bonds. The Morgan fingerprint density at radius 2 is 1.88 bits per heavy atom. The van der Waals surface area contributed by atoms with Gasteiger partial charge in [-0.1, -0.05) is 18.2 Å². The maximum atomic E-state index is 14.7. The Bertz CT molecular complexity index is 1250. The van der Waals surface area contributed by atoms with Crippen LogP contribution in [0.4, 0.5) is 13.2 Å². The van der Waals surface area contributed by atoms with Gasteiger partial charge in [-0.15, -0.1) is 8.78 Å². The van der Waals surface area contributed by atoms with Crippen molar-refractivity contribution in [1.29, 1.82) is 0 Å². The minimum atomic E-state index is -3.66. The molecule has 0 radical (unpaired) electrons. The third-order valence-electron chi connectivity index (χ3n) is 7.48. The van der Waals surface area contributed by atoms with Gasteiger partial charge in [-0.05, 0) is 55.4 Å². The van der Waals surface area contributed by atoms with E-state index in [4.69, 9.17) is 0 Å². The van der Waals surface area contributed by atoms with E-state index < -0.39 is 24.0 Å². The van der Waals surface area contributed by atoms with E-state index in [0.29, 0.717) is 31.2 Å². The third-order valence-corrected chi connectivity index (χ3v) is 7.48. The molecule has 2 atom stereocenters. The van der Waals surface area contributed by atoms with Gasteiger partial charge in [0, 0.05) is 17.5 Å². The van der Waals surface area contributed by atoms with Crippen LogP contribution in [-0.2, 0) is 0 Å². The third kappa shape index (κ3) is 3.37. The van der Waals surface area contributed by atoms with Gasteiger partial charge in [0.05, 0.1) is 36.0 Å². The molecule has 2 aliphatic heterocycles. The van der Waals surface area contributed by atoms with Crippen LogP contribution in [-0.4, -0.2) is 37.8 Å². The number of aromatic nitrogens is 2. The lowest BCUT2D eigenvalue weighted by Crippen LogP contribution is -2.46. The Balaban J connectivity index is 1.17. The molecular weight excluding hydrogens is 449 g/mol. The van der Waals surface area contributed by atoms with Crippen LogP contribution in [0.25, 0.3) is 11.3 Å². The van der Waals surface area contributed by atoms with Crippen LogP contribution in [0.1, 0.15) is 55.2 Å². The van der Waals surface area contributed by atoms with E-state index in [9.17, 15) is 23.4 Å². The van der Waals surface area contributed by atoms with E-state index >= 15 is 0 Å². The van der Waals surface area contributed by atoms with Gasteiger partial charge in [0.25, 0.3) is 0 Å². The fraction of sp³-hybridized carbons (Fsp3) is 0.400. The van der Waals surface area contributed by atoms with Crippen molar-refractivity contribution in [1.82, 2.24) is 9.55 Å². The molecule has 1 aromatic heterocycles. The summed E-state index contributed by atoms with van der Waals surface area (Å²) < 4.78 is 52.2. The number of halogens is 3. The normalized spacial score (nSPS) is 27.3. The standard InChI is InChI=1S/C25H23F3N2O4/c26-17-3-1-2-16-19-12-29-13-30(19)18(23(16)17)11-22(31)24(32)8-6-14(7-9-24)15-4-5-20-21(10-15)34-25(27,28)33-20/h1-5,10,12-14,18,22,31-32H,6-9,11H2. The van der Waals surface area contributed by atoms with Gasteiger partial charge in [0.15, 0.2) is 11.5 Å². The molecular formula is C25H23F3N2O4. The summed E-state index contributed by atoms with van der Waals surface area (Å²) in [7, 11) is 0. The minimum absolute atomic E-state index is 0.000523. The monoisotopic (exact) mass is 472 g/mol. The van der Waals surface area contributed by atoms with Gasteiger partial charge in [-0.25, -0.2) is 9.37 Å². The van der Waals surface area contributed by atoms with Gasteiger partial charge in [0.2, 0.25) is 0 Å². The molecule has 1 saturated carbocycles. The van der Waals surface area contributed by atoms with Gasteiger partial charge < -0.3 is 24.3 Å². The number of fused-ring (bicyclic) bond motifs is 4. The quantitative estimate of drug-likeness (QED) is 0.573. The summed E-state index contributed by atoms with van der Waals surface area (Å²) in [6, 6.07) is 9.18. The number of hydrogen-bond acceptors (Lipinski definition) is 5. The first-order valence-electron chi connectivity index (χ1n) is 11.3. The van der Waals surface area contributed by atoms with Crippen LogP contribution in [0.5, 0.6) is 11.5 Å². The molecule has 3 aliphatic rings. The summed E-state index contributed by atoms with van der Waals surface area (Å²) in [5, 5.41) is 22.4. The lowest BCUT2D eigenvalue weighted by molar-refractivity contribution is -0.286. The summed E-state index contributed by atoms with van der Waals surface area (Å²) in [5.41, 5.74) is 1.55. The van der Waals surface area contributed by atoms with Crippen LogP contribution in [0.15, 0.2) is 48.9 Å². The predicted molar refractivity (Wildman–Crippen MR) is 115 cm³/mol. The second-order valence-electron chi connectivity index (χ2n) is 9.41. The topological polar surface area (TPSA) is 76.7 Å². The Morgan fingerprint density at radius 3 is 2.68 bits per heavy atom. The first kappa shape index (κ1) is 21.5. The molecule has 34 heavy (non-hydrogen) atoms. The maximum absolute atomic E-state index is 14.7. The second kappa shape index (κ2) is 7.48. The Hall–Kier alpha value is -3.04. The van der Waals surface area contributed by atoms with Crippen LogP contribution in [0.3, 0.4) is 0 Å². The molecule has 3 heterocycles. The SMILES string of the molecule is OC(CC1c2c(F)cccc2-c2cncn21)C1(O)CCC(c2ccc3c(c2)OC(F)(F)O3)CC1. The number of hydrogen-bond donors (Lipinski definition) is 2. The highest BCUT2D eigenvalue weighted by molar-refractivity contribution is 5.69. The summed E-state index contributed by atoms with van der Waals surface area (Å²) in [6.07, 6.45) is 0.499. The number of alkyl halides is 2. The molecule has 2 N–H and O–H groups in total. The molecule has 1 fully saturated rings. The van der Waals surface area contributed by atoms with E-state index in [-0.39, 0.29) is 29.7 Å². The van der Waals surface area contributed by atoms with Crippen LogP contribution in [0.2, 0.25) is 0 Å². The Morgan fingerprint density at radius 1 is 1.12 bits per heavy atom. The molecule has 2 unspecified atom stereocenters. The number of benzene rings is 2. The zero-order chi connectivity index (χ0) is 23.7. The van der Waals surface area contributed by atoms with Crippen molar-refractivity contribution in [3.05, 3.63) is 65.9 Å². The van der Waals surface area contributed by atoms with E-state index in [2.05, 4.69) is 14.5 Å². The smallest absolute Gasteiger partial charge is 0.395 e. The van der Waals surface area contributed by atoms with Crippen molar-refractivity contribution in [3.8, 4) is 22.8 Å². The molecule has 9 heteroatoms. The minimum Gasteiger partial charge on any atom is -0.395 e. The molecule has 0 saturated heterocycles. The lowest BCUT2D eigenvalue weighted by atomic mass is 9.72. The second-order valence-corrected chi connectivity index (χ2v) is 9.41. The van der Waals surface area contributed by atoms with E-state index in [1.807, 2.05) is 10.6 Å². The number of aliphatic hydroxyl groups excluding tert-OH is 1. The van der Waals surface area contributed by atoms with Crippen molar-refractivity contribution in [3.63, 3.8) is 0 Å². The van der Waals surface area contributed by atoms with Crippen LogP contribution >= 0.6 is 0 Å². The average Bonchev–Trinajstić information content (AvgIpc) is 3.47. The lowest BCUT2D eigenvalue weighted by Gasteiger charge is -2.40. The Kier molecular flexibility index (Phi) is 4.73. The van der Waals surface area contributed by atoms with Crippen LogP contribution < -0.4 is 9.47 Å². The zero-order valence-corrected chi connectivity index (χ0v) is 18.1. The van der Waals surface area contributed by atoms with E-state index in [0.717, 1.165) is 16.8 Å². The van der Waals surface area contributed by atoms with E-state index in [1.54, 1.807) is 30.7 Å². The first-order valence-corrected chi connectivity index (χ1v) is 11.3. The first-order chi connectivity index (χ1) is 16.2. The number of rotatable bonds is 4.